The number of carbonyl (C=O) groups excluding carboxylic acids is 1. The highest BCUT2D eigenvalue weighted by atomic mass is 32.1. The predicted molar refractivity (Wildman–Crippen MR) is 138 cm³/mol. The Morgan fingerprint density at radius 2 is 1.63 bits per heavy atom. The third-order valence-corrected chi connectivity index (χ3v) is 7.45. The van der Waals surface area contributed by atoms with Crippen molar-refractivity contribution in [3.05, 3.63) is 35.4 Å². The van der Waals surface area contributed by atoms with E-state index >= 15 is 0 Å². The van der Waals surface area contributed by atoms with Crippen molar-refractivity contribution in [2.45, 2.75) is 6.92 Å². The van der Waals surface area contributed by atoms with E-state index in [1.54, 1.807) is 30.6 Å². The van der Waals surface area contributed by atoms with Crippen LogP contribution in [0, 0.1) is 6.92 Å². The Balaban J connectivity index is 1.31. The minimum absolute atomic E-state index is 0.179. The number of nitrogens with one attached hydrogen (secondary N) is 1. The number of hydrogen-bond acceptors (Lipinski definition) is 9. The zero-order chi connectivity index (χ0) is 24.9. The summed E-state index contributed by atoms with van der Waals surface area (Å²) < 4.78 is 22.7. The number of benzene rings is 2. The van der Waals surface area contributed by atoms with Gasteiger partial charge in [-0.15, -0.1) is 0 Å². The Labute approximate surface area is 209 Å². The molecule has 0 spiro atoms. The maximum absolute atomic E-state index is 12.7. The Morgan fingerprint density at radius 3 is 2.23 bits per heavy atom. The lowest BCUT2D eigenvalue weighted by Gasteiger charge is -2.34. The van der Waals surface area contributed by atoms with E-state index in [2.05, 4.69) is 28.1 Å². The van der Waals surface area contributed by atoms with E-state index in [4.69, 9.17) is 23.9 Å². The van der Waals surface area contributed by atoms with E-state index in [0.29, 0.717) is 29.4 Å². The molecule has 0 atom stereocenters. The van der Waals surface area contributed by atoms with Gasteiger partial charge in [0.1, 0.15) is 11.3 Å². The van der Waals surface area contributed by atoms with Crippen LogP contribution < -0.4 is 29.2 Å². The highest BCUT2D eigenvalue weighted by Crippen LogP contribution is 2.38. The van der Waals surface area contributed by atoms with Crippen LogP contribution in [0.3, 0.4) is 0 Å². The number of fused-ring (bicyclic) bond motifs is 1. The minimum atomic E-state index is -0.179. The molecule has 1 aliphatic heterocycles. The van der Waals surface area contributed by atoms with Gasteiger partial charge in [0.2, 0.25) is 5.75 Å². The molecule has 0 bridgehead atoms. The number of hydrogen-bond donors (Lipinski definition) is 1. The molecule has 0 aliphatic carbocycles. The van der Waals surface area contributed by atoms with Crippen molar-refractivity contribution >= 4 is 32.6 Å². The Kier molecular flexibility index (Phi) is 7.82. The summed E-state index contributed by atoms with van der Waals surface area (Å²) in [6.45, 7) is 7.03. The largest absolute Gasteiger partial charge is 0.494 e. The molecule has 9 nitrogen and oxygen atoms in total. The number of aryl methyl sites for hydroxylation is 1. The lowest BCUT2D eigenvalue weighted by atomic mass is 10.1. The molecular weight excluding hydrogens is 468 g/mol. The first-order valence-corrected chi connectivity index (χ1v) is 12.3. The maximum atomic E-state index is 12.7. The number of nitrogens with zero attached hydrogens (tertiary/aromatic N) is 3. The highest BCUT2D eigenvalue weighted by molar-refractivity contribution is 7.22. The zero-order valence-corrected chi connectivity index (χ0v) is 21.7. The first kappa shape index (κ1) is 24.9. The Hall–Kier alpha value is -3.24. The molecule has 1 saturated heterocycles. The van der Waals surface area contributed by atoms with E-state index < -0.39 is 0 Å². The van der Waals surface area contributed by atoms with Gasteiger partial charge < -0.3 is 29.2 Å². The molecule has 188 valence electrons. The van der Waals surface area contributed by atoms with Gasteiger partial charge in [0.15, 0.2) is 16.6 Å². The molecule has 0 radical (unpaired) electrons. The van der Waals surface area contributed by atoms with Crippen LogP contribution in [0.15, 0.2) is 24.3 Å². The van der Waals surface area contributed by atoms with Crippen LogP contribution in [-0.2, 0) is 0 Å². The predicted octanol–water partition coefficient (Wildman–Crippen LogP) is 3.19. The van der Waals surface area contributed by atoms with Crippen LogP contribution in [0.2, 0.25) is 0 Å². The topological polar surface area (TPSA) is 85.4 Å². The van der Waals surface area contributed by atoms with Gasteiger partial charge in [-0.3, -0.25) is 9.69 Å². The van der Waals surface area contributed by atoms with E-state index in [0.717, 1.165) is 49.1 Å². The monoisotopic (exact) mass is 500 g/mol. The van der Waals surface area contributed by atoms with Crippen LogP contribution in [-0.4, -0.2) is 83.5 Å². The average Bonchev–Trinajstić information content (AvgIpc) is 3.35. The van der Waals surface area contributed by atoms with Gasteiger partial charge >= 0.3 is 0 Å². The minimum Gasteiger partial charge on any atom is -0.494 e. The van der Waals surface area contributed by atoms with Crippen LogP contribution in [0.5, 0.6) is 23.0 Å². The van der Waals surface area contributed by atoms with Crippen molar-refractivity contribution in [3.63, 3.8) is 0 Å². The molecule has 3 aromatic rings. The van der Waals surface area contributed by atoms with Gasteiger partial charge in [-0.1, -0.05) is 17.4 Å². The first-order valence-electron chi connectivity index (χ1n) is 11.5. The second-order valence-corrected chi connectivity index (χ2v) is 9.24. The third-order valence-electron chi connectivity index (χ3n) is 6.20. The maximum Gasteiger partial charge on any atom is 0.251 e. The van der Waals surface area contributed by atoms with Crippen LogP contribution in [0.25, 0.3) is 10.2 Å². The van der Waals surface area contributed by atoms with E-state index in [-0.39, 0.29) is 5.91 Å². The third kappa shape index (κ3) is 5.23. The Morgan fingerprint density at radius 1 is 0.971 bits per heavy atom. The number of aromatic nitrogens is 1. The lowest BCUT2D eigenvalue weighted by molar-refractivity contribution is 0.0947. The molecule has 1 aliphatic rings. The van der Waals surface area contributed by atoms with Crippen molar-refractivity contribution in [1.82, 2.24) is 15.2 Å². The second-order valence-electron chi connectivity index (χ2n) is 8.26. The summed E-state index contributed by atoms with van der Waals surface area (Å²) in [5.41, 5.74) is 2.61. The lowest BCUT2D eigenvalue weighted by Crippen LogP contribution is -2.48. The fourth-order valence-electron chi connectivity index (χ4n) is 4.20. The molecule has 1 N–H and O–H groups in total. The molecule has 4 rings (SSSR count). The fourth-order valence-corrected chi connectivity index (χ4v) is 5.31. The number of piperazine rings is 1. The number of carbonyl (C=O) groups is 1. The zero-order valence-electron chi connectivity index (χ0n) is 20.8. The number of thiazole rings is 1. The van der Waals surface area contributed by atoms with Crippen LogP contribution in [0.1, 0.15) is 15.9 Å². The summed E-state index contributed by atoms with van der Waals surface area (Å²) in [6.07, 6.45) is 0. The van der Waals surface area contributed by atoms with E-state index in [9.17, 15) is 4.79 Å². The van der Waals surface area contributed by atoms with Gasteiger partial charge in [0.05, 0.1) is 33.1 Å². The molecule has 10 heteroatoms. The summed E-state index contributed by atoms with van der Waals surface area (Å²) in [4.78, 5) is 22.3. The van der Waals surface area contributed by atoms with Crippen molar-refractivity contribution in [3.8, 4) is 23.0 Å². The molecule has 0 saturated carbocycles. The van der Waals surface area contributed by atoms with Gasteiger partial charge in [0, 0.05) is 44.8 Å². The number of amides is 1. The van der Waals surface area contributed by atoms with E-state index in [1.807, 2.05) is 6.07 Å². The fraction of sp³-hybridized carbons (Fsp3) is 0.440. The Bertz CT molecular complexity index is 1170. The molecule has 2 heterocycles. The van der Waals surface area contributed by atoms with Crippen molar-refractivity contribution < 1.29 is 23.7 Å². The van der Waals surface area contributed by atoms with Crippen molar-refractivity contribution in [1.29, 1.82) is 0 Å². The standard InChI is InChI=1S/C25H32N4O5S/c1-16-6-7-18(31-2)21-23(16)35-25(27-21)29-12-10-28(11-13-29)9-8-26-24(30)17-14-19(32-3)22(34-5)20(15-17)33-4/h6-7,14-15H,8-13H2,1-5H3,(H,26,30). The van der Waals surface area contributed by atoms with Crippen molar-refractivity contribution in [2.75, 3.05) is 72.6 Å². The molecule has 2 aromatic carbocycles. The van der Waals surface area contributed by atoms with Gasteiger partial charge in [-0.05, 0) is 30.7 Å². The SMILES string of the molecule is COc1cc(C(=O)NCCN2CCN(c3nc4c(OC)ccc(C)c4s3)CC2)cc(OC)c1OC. The summed E-state index contributed by atoms with van der Waals surface area (Å²) in [7, 11) is 6.28. The summed E-state index contributed by atoms with van der Waals surface area (Å²) >= 11 is 1.72. The molecule has 1 fully saturated rings. The summed E-state index contributed by atoms with van der Waals surface area (Å²) in [5, 5.41) is 4.03. The van der Waals surface area contributed by atoms with E-state index in [1.165, 1.54) is 31.6 Å². The van der Waals surface area contributed by atoms with Crippen LogP contribution in [0.4, 0.5) is 5.13 Å². The number of anilines is 1. The summed E-state index contributed by atoms with van der Waals surface area (Å²) in [5.74, 6) is 2.01. The smallest absolute Gasteiger partial charge is 0.251 e. The quantitative estimate of drug-likeness (QED) is 0.480. The first-order chi connectivity index (χ1) is 17.0. The molecule has 1 aromatic heterocycles. The average molecular weight is 501 g/mol. The highest BCUT2D eigenvalue weighted by Gasteiger charge is 2.22. The molecule has 35 heavy (non-hydrogen) atoms. The van der Waals surface area contributed by atoms with Gasteiger partial charge in [-0.2, -0.15) is 0 Å². The molecular formula is C25H32N4O5S. The van der Waals surface area contributed by atoms with Crippen LogP contribution >= 0.6 is 11.3 Å². The molecule has 0 unspecified atom stereocenters. The molecule has 1 amide bonds. The second kappa shape index (κ2) is 11.0. The number of methoxy groups -OCH3 is 4. The number of ether oxygens (including phenoxy) is 4. The summed E-state index contributed by atoms with van der Waals surface area (Å²) in [6, 6.07) is 7.37. The van der Waals surface area contributed by atoms with Gasteiger partial charge in [0.25, 0.3) is 5.91 Å². The van der Waals surface area contributed by atoms with Crippen molar-refractivity contribution in [2.24, 2.45) is 0 Å². The normalized spacial score (nSPS) is 14.1. The number of rotatable bonds is 9. The van der Waals surface area contributed by atoms with Gasteiger partial charge in [-0.25, -0.2) is 4.98 Å².